The Morgan fingerprint density at radius 1 is 1.00 bits per heavy atom. The molecule has 0 radical (unpaired) electrons. The fourth-order valence-electron chi connectivity index (χ4n) is 4.74. The van der Waals surface area contributed by atoms with Gasteiger partial charge >= 0.3 is 0 Å². The molecule has 0 bridgehead atoms. The Balaban J connectivity index is 1.46. The van der Waals surface area contributed by atoms with Crippen LogP contribution < -0.4 is 24.0 Å². The fourth-order valence-corrected chi connectivity index (χ4v) is 6.52. The van der Waals surface area contributed by atoms with Gasteiger partial charge in [0.1, 0.15) is 22.9 Å². The summed E-state index contributed by atoms with van der Waals surface area (Å²) < 4.78 is 40.7. The monoisotopic (exact) mass is 619 g/mol. The Kier molecular flexibility index (Phi) is 8.89. The van der Waals surface area contributed by atoms with Crippen molar-refractivity contribution in [1.29, 1.82) is 0 Å². The number of carbonyl (C=O) groups excluding carboxylic acids is 2. The van der Waals surface area contributed by atoms with Crippen molar-refractivity contribution in [1.82, 2.24) is 5.32 Å². The molecule has 0 aromatic heterocycles. The minimum absolute atomic E-state index is 0.0849. The number of hydrogen-bond acceptors (Lipinski definition) is 6. The summed E-state index contributed by atoms with van der Waals surface area (Å²) in [6.45, 7) is 1.38. The van der Waals surface area contributed by atoms with Gasteiger partial charge in [-0.3, -0.25) is 13.9 Å². The van der Waals surface area contributed by atoms with Crippen molar-refractivity contribution in [2.75, 3.05) is 29.4 Å². The van der Waals surface area contributed by atoms with E-state index in [1.807, 2.05) is 30.3 Å². The minimum Gasteiger partial charge on any atom is -0.495 e. The van der Waals surface area contributed by atoms with Crippen LogP contribution in [0.3, 0.4) is 0 Å². The molecule has 5 rings (SSSR count). The molecule has 1 heterocycles. The van der Waals surface area contributed by atoms with Crippen molar-refractivity contribution in [3.05, 3.63) is 113 Å². The van der Waals surface area contributed by atoms with Crippen LogP contribution in [0.15, 0.2) is 102 Å². The normalized spacial score (nSPS) is 14.3. The van der Waals surface area contributed by atoms with Crippen LogP contribution in [0.25, 0.3) is 0 Å². The molecule has 0 aliphatic carbocycles. The number of amides is 2. The van der Waals surface area contributed by atoms with Gasteiger partial charge in [0, 0.05) is 11.6 Å². The van der Waals surface area contributed by atoms with E-state index in [9.17, 15) is 18.0 Å². The lowest BCUT2D eigenvalue weighted by Gasteiger charge is -2.35. The zero-order chi connectivity index (χ0) is 30.6. The predicted molar refractivity (Wildman–Crippen MR) is 165 cm³/mol. The van der Waals surface area contributed by atoms with E-state index in [0.29, 0.717) is 22.0 Å². The van der Waals surface area contributed by atoms with Gasteiger partial charge in [-0.25, -0.2) is 8.42 Å². The molecule has 4 aromatic carbocycles. The Hall–Kier alpha value is -4.54. The molecule has 4 aromatic rings. The van der Waals surface area contributed by atoms with Gasteiger partial charge in [0.15, 0.2) is 6.10 Å². The molecule has 1 aliphatic rings. The van der Waals surface area contributed by atoms with E-state index >= 15 is 0 Å². The van der Waals surface area contributed by atoms with Crippen molar-refractivity contribution in [2.45, 2.75) is 24.5 Å². The molecule has 1 atom stereocenters. The van der Waals surface area contributed by atoms with Crippen LogP contribution in [0.2, 0.25) is 5.02 Å². The number of sulfonamides is 1. The van der Waals surface area contributed by atoms with Crippen molar-refractivity contribution in [3.8, 4) is 11.5 Å². The number of carbonyl (C=O) groups is 2. The van der Waals surface area contributed by atoms with Crippen molar-refractivity contribution >= 4 is 44.8 Å². The smallest absolute Gasteiger partial charge is 0.268 e. The second-order valence-corrected chi connectivity index (χ2v) is 12.2. The van der Waals surface area contributed by atoms with Gasteiger partial charge in [0.25, 0.3) is 15.9 Å². The molecule has 222 valence electrons. The number of nitrogens with one attached hydrogen (secondary N) is 1. The van der Waals surface area contributed by atoms with Crippen molar-refractivity contribution in [2.24, 2.45) is 0 Å². The Morgan fingerprint density at radius 2 is 1.70 bits per heavy atom. The van der Waals surface area contributed by atoms with Gasteiger partial charge in [0.05, 0.1) is 25.0 Å². The topological polar surface area (TPSA) is 105 Å². The van der Waals surface area contributed by atoms with Crippen LogP contribution in [0.5, 0.6) is 11.5 Å². The summed E-state index contributed by atoms with van der Waals surface area (Å²) in [6, 6.07) is 27.2. The van der Waals surface area contributed by atoms with E-state index in [1.54, 1.807) is 55.5 Å². The quantitative estimate of drug-likeness (QED) is 0.284. The van der Waals surface area contributed by atoms with Crippen LogP contribution in [0.4, 0.5) is 11.4 Å². The summed E-state index contributed by atoms with van der Waals surface area (Å²) in [4.78, 5) is 28.5. The molecule has 43 heavy (non-hydrogen) atoms. The first-order valence-electron chi connectivity index (χ1n) is 13.5. The number of fused-ring (bicyclic) bond motifs is 1. The number of aryl methyl sites for hydroxylation is 1. The molecular formula is C32H30ClN3O6S. The minimum atomic E-state index is -4.31. The summed E-state index contributed by atoms with van der Waals surface area (Å²) in [7, 11) is -2.92. The van der Waals surface area contributed by atoms with E-state index in [0.717, 1.165) is 9.87 Å². The lowest BCUT2D eigenvalue weighted by atomic mass is 10.1. The number of anilines is 2. The van der Waals surface area contributed by atoms with E-state index < -0.39 is 34.5 Å². The molecule has 1 N–H and O–H groups in total. The third-order valence-corrected chi connectivity index (χ3v) is 9.00. The van der Waals surface area contributed by atoms with Crippen LogP contribution in [0.1, 0.15) is 11.1 Å². The van der Waals surface area contributed by atoms with E-state index in [1.165, 1.54) is 30.2 Å². The van der Waals surface area contributed by atoms with E-state index in [2.05, 4.69) is 5.32 Å². The second kappa shape index (κ2) is 12.8. The number of hydrogen-bond donors (Lipinski definition) is 1. The van der Waals surface area contributed by atoms with Gasteiger partial charge in [0.2, 0.25) is 5.91 Å². The maximum Gasteiger partial charge on any atom is 0.268 e. The number of ether oxygens (including phenoxy) is 2. The maximum absolute atomic E-state index is 14.2. The molecule has 1 aliphatic heterocycles. The third kappa shape index (κ3) is 6.60. The van der Waals surface area contributed by atoms with Crippen LogP contribution in [-0.4, -0.2) is 46.5 Å². The predicted octanol–water partition coefficient (Wildman–Crippen LogP) is 4.96. The zero-order valence-electron chi connectivity index (χ0n) is 23.6. The van der Waals surface area contributed by atoms with E-state index in [4.69, 9.17) is 21.1 Å². The number of rotatable bonds is 9. The van der Waals surface area contributed by atoms with Crippen LogP contribution in [-0.2, 0) is 26.2 Å². The second-order valence-electron chi connectivity index (χ2n) is 9.92. The van der Waals surface area contributed by atoms with Gasteiger partial charge in [-0.1, -0.05) is 60.1 Å². The van der Waals surface area contributed by atoms with Crippen LogP contribution in [0, 0.1) is 6.92 Å². The van der Waals surface area contributed by atoms with Gasteiger partial charge in [-0.05, 0) is 66.6 Å². The summed E-state index contributed by atoms with van der Waals surface area (Å²) in [5.74, 6) is -0.475. The zero-order valence-corrected chi connectivity index (χ0v) is 25.1. The Labute approximate surface area is 255 Å². The maximum atomic E-state index is 14.2. The number of halogens is 1. The molecule has 0 saturated heterocycles. The van der Waals surface area contributed by atoms with Crippen molar-refractivity contribution < 1.29 is 27.5 Å². The summed E-state index contributed by atoms with van der Waals surface area (Å²) >= 11 is 6.10. The fraction of sp³-hybridized carbons (Fsp3) is 0.188. The number of nitrogens with zero attached hydrogens (tertiary/aromatic N) is 2. The number of para-hydroxylation sites is 2. The molecule has 0 fully saturated rings. The molecular weight excluding hydrogens is 590 g/mol. The molecule has 2 amide bonds. The summed E-state index contributed by atoms with van der Waals surface area (Å²) in [5, 5.41) is 3.27. The molecule has 11 heteroatoms. The van der Waals surface area contributed by atoms with Crippen molar-refractivity contribution in [3.63, 3.8) is 0 Å². The molecule has 0 unspecified atom stereocenters. The van der Waals surface area contributed by atoms with E-state index in [-0.39, 0.29) is 29.4 Å². The first-order valence-corrected chi connectivity index (χ1v) is 15.3. The number of methoxy groups -OCH3 is 1. The highest BCUT2D eigenvalue weighted by Gasteiger charge is 2.37. The molecule has 0 saturated carbocycles. The van der Waals surface area contributed by atoms with Gasteiger partial charge < -0.3 is 19.7 Å². The lowest BCUT2D eigenvalue weighted by Crippen LogP contribution is -2.53. The number of benzene rings is 4. The Bertz CT molecular complexity index is 1730. The summed E-state index contributed by atoms with van der Waals surface area (Å²) in [6.07, 6.45) is -1.01. The SMILES string of the molecule is COc1ccc(C)cc1S(=O)(=O)N(CC(=O)N1C[C@@H](C(=O)NCc2ccccc2)Oc2ccccc21)c1ccc(Cl)cc1. The van der Waals surface area contributed by atoms with Gasteiger partial charge in [-0.15, -0.1) is 0 Å². The Morgan fingerprint density at radius 3 is 2.42 bits per heavy atom. The highest BCUT2D eigenvalue weighted by Crippen LogP contribution is 2.35. The lowest BCUT2D eigenvalue weighted by molar-refractivity contribution is -0.128. The van der Waals surface area contributed by atoms with Crippen LogP contribution >= 0.6 is 11.6 Å². The first kappa shape index (κ1) is 29.9. The average molecular weight is 620 g/mol. The average Bonchev–Trinajstić information content (AvgIpc) is 3.02. The highest BCUT2D eigenvalue weighted by atomic mass is 35.5. The molecule has 9 nitrogen and oxygen atoms in total. The highest BCUT2D eigenvalue weighted by molar-refractivity contribution is 7.93. The van der Waals surface area contributed by atoms with Gasteiger partial charge in [-0.2, -0.15) is 0 Å². The molecule has 0 spiro atoms. The standard InChI is InChI=1S/C32H30ClN3O6S/c1-22-12-17-28(41-2)30(18-22)43(39,40)36(25-15-13-24(33)14-16-25)21-31(37)35-20-29(42-27-11-7-6-10-26(27)35)32(38)34-19-23-8-4-3-5-9-23/h3-18,29H,19-21H2,1-2H3,(H,34,38)/t29-/m0/s1. The first-order chi connectivity index (χ1) is 20.7. The summed E-state index contributed by atoms with van der Waals surface area (Å²) in [5.41, 5.74) is 2.28. The third-order valence-electron chi connectivity index (χ3n) is 6.96. The largest absolute Gasteiger partial charge is 0.495 e.